The SMILES string of the molecule is COC(=O)C=C(C)N1CCOCC1. The second-order valence-electron chi connectivity index (χ2n) is 2.91. The molecule has 0 radical (unpaired) electrons. The van der Waals surface area contributed by atoms with E-state index in [4.69, 9.17) is 4.74 Å². The molecule has 74 valence electrons. The Morgan fingerprint density at radius 3 is 2.62 bits per heavy atom. The Balaban J connectivity index is 2.49. The van der Waals surface area contributed by atoms with Crippen LogP contribution in [-0.4, -0.2) is 44.3 Å². The van der Waals surface area contributed by atoms with Crippen LogP contribution in [0.5, 0.6) is 0 Å². The lowest BCUT2D eigenvalue weighted by molar-refractivity contribution is -0.135. The summed E-state index contributed by atoms with van der Waals surface area (Å²) in [5.74, 6) is -0.302. The van der Waals surface area contributed by atoms with Crippen molar-refractivity contribution >= 4 is 5.97 Å². The Hall–Kier alpha value is -1.03. The van der Waals surface area contributed by atoms with Crippen molar-refractivity contribution in [1.82, 2.24) is 4.90 Å². The lowest BCUT2D eigenvalue weighted by Crippen LogP contribution is -2.35. The van der Waals surface area contributed by atoms with Gasteiger partial charge in [0.2, 0.25) is 0 Å². The number of morpholine rings is 1. The highest BCUT2D eigenvalue weighted by Crippen LogP contribution is 2.06. The summed E-state index contributed by atoms with van der Waals surface area (Å²) >= 11 is 0. The number of methoxy groups -OCH3 is 1. The second-order valence-corrected chi connectivity index (χ2v) is 2.91. The number of nitrogens with zero attached hydrogens (tertiary/aromatic N) is 1. The number of allylic oxidation sites excluding steroid dienone is 1. The molecule has 0 aliphatic carbocycles. The lowest BCUT2D eigenvalue weighted by Gasteiger charge is -2.29. The van der Waals surface area contributed by atoms with Gasteiger partial charge in [0.15, 0.2) is 0 Å². The third-order valence-corrected chi connectivity index (χ3v) is 2.04. The molecule has 0 atom stereocenters. The van der Waals surface area contributed by atoms with E-state index in [1.165, 1.54) is 13.2 Å². The zero-order valence-electron chi connectivity index (χ0n) is 8.08. The molecule has 0 N–H and O–H groups in total. The monoisotopic (exact) mass is 185 g/mol. The highest BCUT2D eigenvalue weighted by molar-refractivity contribution is 5.82. The van der Waals surface area contributed by atoms with Gasteiger partial charge >= 0.3 is 5.97 Å². The number of hydrogen-bond acceptors (Lipinski definition) is 4. The first kappa shape index (κ1) is 10.1. The fourth-order valence-corrected chi connectivity index (χ4v) is 1.24. The molecule has 0 aromatic heterocycles. The molecule has 1 rings (SSSR count). The van der Waals surface area contributed by atoms with Gasteiger partial charge in [-0.3, -0.25) is 0 Å². The summed E-state index contributed by atoms with van der Waals surface area (Å²) in [5.41, 5.74) is 0.940. The number of esters is 1. The minimum absolute atomic E-state index is 0.302. The van der Waals surface area contributed by atoms with Gasteiger partial charge in [0, 0.05) is 24.9 Å². The summed E-state index contributed by atoms with van der Waals surface area (Å²) in [6.07, 6.45) is 1.51. The van der Waals surface area contributed by atoms with E-state index in [1.807, 2.05) is 6.92 Å². The standard InChI is InChI=1S/C9H15NO3/c1-8(7-9(11)12-2)10-3-5-13-6-4-10/h7H,3-6H2,1-2H3. The van der Waals surface area contributed by atoms with Crippen LogP contribution in [0, 0.1) is 0 Å². The molecule has 4 nitrogen and oxygen atoms in total. The highest BCUT2D eigenvalue weighted by Gasteiger charge is 2.11. The Labute approximate surface area is 78.1 Å². The molecule has 4 heteroatoms. The maximum atomic E-state index is 10.9. The van der Waals surface area contributed by atoms with Gasteiger partial charge in [0.05, 0.1) is 20.3 Å². The van der Waals surface area contributed by atoms with E-state index in [1.54, 1.807) is 0 Å². The first-order chi connectivity index (χ1) is 6.24. The third kappa shape index (κ3) is 3.06. The summed E-state index contributed by atoms with van der Waals surface area (Å²) in [6, 6.07) is 0. The molecular formula is C9H15NO3. The molecule has 0 bridgehead atoms. The van der Waals surface area contributed by atoms with E-state index in [2.05, 4.69) is 9.64 Å². The predicted molar refractivity (Wildman–Crippen MR) is 48.2 cm³/mol. The molecule has 0 aromatic carbocycles. The number of ether oxygens (including phenoxy) is 2. The Morgan fingerprint density at radius 2 is 2.08 bits per heavy atom. The third-order valence-electron chi connectivity index (χ3n) is 2.04. The fourth-order valence-electron chi connectivity index (χ4n) is 1.24. The van der Waals surface area contributed by atoms with Crippen LogP contribution in [-0.2, 0) is 14.3 Å². The van der Waals surface area contributed by atoms with Crippen LogP contribution >= 0.6 is 0 Å². The Kier molecular flexibility index (Phi) is 3.76. The summed E-state index contributed by atoms with van der Waals surface area (Å²) < 4.78 is 9.73. The van der Waals surface area contributed by atoms with E-state index in [-0.39, 0.29) is 5.97 Å². The Bertz CT molecular complexity index is 207. The molecular weight excluding hydrogens is 170 g/mol. The van der Waals surface area contributed by atoms with Crippen LogP contribution in [0.25, 0.3) is 0 Å². The summed E-state index contributed by atoms with van der Waals surface area (Å²) in [4.78, 5) is 13.0. The van der Waals surface area contributed by atoms with Gasteiger partial charge in [0.25, 0.3) is 0 Å². The first-order valence-corrected chi connectivity index (χ1v) is 4.33. The van der Waals surface area contributed by atoms with E-state index < -0.39 is 0 Å². The number of hydrogen-bond donors (Lipinski definition) is 0. The lowest BCUT2D eigenvalue weighted by atomic mass is 10.3. The van der Waals surface area contributed by atoms with Crippen LogP contribution in [0.2, 0.25) is 0 Å². The maximum Gasteiger partial charge on any atom is 0.332 e. The van der Waals surface area contributed by atoms with Crippen molar-refractivity contribution in [3.63, 3.8) is 0 Å². The molecule has 0 spiro atoms. The van der Waals surface area contributed by atoms with Gasteiger partial charge in [-0.05, 0) is 6.92 Å². The minimum atomic E-state index is -0.302. The topological polar surface area (TPSA) is 38.8 Å². The van der Waals surface area contributed by atoms with Crippen molar-refractivity contribution in [2.24, 2.45) is 0 Å². The largest absolute Gasteiger partial charge is 0.466 e. The normalized spacial score (nSPS) is 18.6. The van der Waals surface area contributed by atoms with Crippen LogP contribution in [0.15, 0.2) is 11.8 Å². The summed E-state index contributed by atoms with van der Waals surface area (Å²) in [7, 11) is 1.38. The molecule has 1 fully saturated rings. The van der Waals surface area contributed by atoms with Gasteiger partial charge in [-0.1, -0.05) is 0 Å². The average molecular weight is 185 g/mol. The van der Waals surface area contributed by atoms with Crippen LogP contribution in [0.4, 0.5) is 0 Å². The van der Waals surface area contributed by atoms with Crippen molar-refractivity contribution in [3.05, 3.63) is 11.8 Å². The molecule has 13 heavy (non-hydrogen) atoms. The maximum absolute atomic E-state index is 10.9. The predicted octanol–water partition coefficient (Wildman–Crippen LogP) is 0.395. The van der Waals surface area contributed by atoms with Gasteiger partial charge in [-0.15, -0.1) is 0 Å². The Morgan fingerprint density at radius 1 is 1.46 bits per heavy atom. The van der Waals surface area contributed by atoms with Gasteiger partial charge in [0.1, 0.15) is 0 Å². The van der Waals surface area contributed by atoms with Gasteiger partial charge in [-0.25, -0.2) is 4.79 Å². The molecule has 0 amide bonds. The summed E-state index contributed by atoms with van der Waals surface area (Å²) in [6.45, 7) is 5.06. The quantitative estimate of drug-likeness (QED) is 0.461. The van der Waals surface area contributed by atoms with Crippen LogP contribution < -0.4 is 0 Å². The zero-order valence-corrected chi connectivity index (χ0v) is 8.08. The zero-order chi connectivity index (χ0) is 9.68. The van der Waals surface area contributed by atoms with Gasteiger partial charge in [-0.2, -0.15) is 0 Å². The van der Waals surface area contributed by atoms with Crippen LogP contribution in [0.3, 0.4) is 0 Å². The summed E-state index contributed by atoms with van der Waals surface area (Å²) in [5, 5.41) is 0. The minimum Gasteiger partial charge on any atom is -0.466 e. The smallest absolute Gasteiger partial charge is 0.332 e. The molecule has 0 aromatic rings. The molecule has 0 saturated carbocycles. The molecule has 1 heterocycles. The van der Waals surface area contributed by atoms with E-state index in [0.29, 0.717) is 0 Å². The van der Waals surface area contributed by atoms with Crippen molar-refractivity contribution in [3.8, 4) is 0 Å². The van der Waals surface area contributed by atoms with Crippen molar-refractivity contribution < 1.29 is 14.3 Å². The molecule has 1 saturated heterocycles. The second kappa shape index (κ2) is 4.87. The first-order valence-electron chi connectivity index (χ1n) is 4.33. The van der Waals surface area contributed by atoms with Crippen molar-refractivity contribution in [2.45, 2.75) is 6.92 Å². The van der Waals surface area contributed by atoms with E-state index in [9.17, 15) is 4.79 Å². The van der Waals surface area contributed by atoms with Crippen LogP contribution in [0.1, 0.15) is 6.92 Å². The van der Waals surface area contributed by atoms with Crippen molar-refractivity contribution in [2.75, 3.05) is 33.4 Å². The number of carbonyl (C=O) groups excluding carboxylic acids is 1. The molecule has 1 aliphatic rings. The molecule has 1 aliphatic heterocycles. The fraction of sp³-hybridized carbons (Fsp3) is 0.667. The molecule has 0 unspecified atom stereocenters. The number of carbonyl (C=O) groups is 1. The average Bonchev–Trinajstić information content (AvgIpc) is 2.19. The van der Waals surface area contributed by atoms with E-state index >= 15 is 0 Å². The van der Waals surface area contributed by atoms with Crippen molar-refractivity contribution in [1.29, 1.82) is 0 Å². The highest BCUT2D eigenvalue weighted by atomic mass is 16.5. The van der Waals surface area contributed by atoms with Gasteiger partial charge < -0.3 is 14.4 Å². The van der Waals surface area contributed by atoms with E-state index in [0.717, 1.165) is 32.0 Å². The number of rotatable bonds is 2.